The molecule has 2 rings (SSSR count). The van der Waals surface area contributed by atoms with Crippen LogP contribution in [0.4, 0.5) is 11.6 Å². The van der Waals surface area contributed by atoms with E-state index in [4.69, 9.17) is 0 Å². The highest BCUT2D eigenvalue weighted by Crippen LogP contribution is 2.14. The summed E-state index contributed by atoms with van der Waals surface area (Å²) in [5.74, 6) is -0.125. The van der Waals surface area contributed by atoms with Crippen molar-refractivity contribution in [2.24, 2.45) is 0 Å². The lowest BCUT2D eigenvalue weighted by Gasteiger charge is -2.09. The van der Waals surface area contributed by atoms with Gasteiger partial charge in [-0.25, -0.2) is 4.98 Å². The van der Waals surface area contributed by atoms with Gasteiger partial charge in [0.15, 0.2) is 0 Å². The lowest BCUT2D eigenvalue weighted by molar-refractivity contribution is 0.102. The van der Waals surface area contributed by atoms with E-state index in [1.54, 1.807) is 18.5 Å². The molecular formula is C12H14N6O. The number of carbonyl (C=O) groups is 1. The molecule has 2 heterocycles. The molecule has 0 unspecified atom stereocenters. The number of rotatable bonds is 5. The molecular weight excluding hydrogens is 244 g/mol. The molecule has 0 aliphatic rings. The SMILES string of the molecule is CCCNc1cnccc1C(=O)Nc1nccnn1. The monoisotopic (exact) mass is 258 g/mol. The Labute approximate surface area is 110 Å². The first kappa shape index (κ1) is 12.9. The van der Waals surface area contributed by atoms with Crippen LogP contribution in [0.2, 0.25) is 0 Å². The van der Waals surface area contributed by atoms with E-state index in [0.717, 1.165) is 13.0 Å². The lowest BCUT2D eigenvalue weighted by Crippen LogP contribution is -2.17. The van der Waals surface area contributed by atoms with E-state index in [2.05, 4.69) is 30.8 Å². The summed E-state index contributed by atoms with van der Waals surface area (Å²) in [7, 11) is 0. The van der Waals surface area contributed by atoms with Crippen LogP contribution in [0.5, 0.6) is 0 Å². The van der Waals surface area contributed by atoms with Gasteiger partial charge >= 0.3 is 0 Å². The van der Waals surface area contributed by atoms with Crippen LogP contribution in [0, 0.1) is 0 Å². The zero-order valence-corrected chi connectivity index (χ0v) is 10.5. The van der Waals surface area contributed by atoms with Gasteiger partial charge in [0.25, 0.3) is 5.91 Å². The molecule has 19 heavy (non-hydrogen) atoms. The number of hydrogen-bond donors (Lipinski definition) is 2. The molecule has 0 spiro atoms. The van der Waals surface area contributed by atoms with Gasteiger partial charge in [0.2, 0.25) is 5.95 Å². The number of nitrogens with zero attached hydrogens (tertiary/aromatic N) is 4. The second-order valence-corrected chi connectivity index (χ2v) is 3.77. The molecule has 0 saturated heterocycles. The van der Waals surface area contributed by atoms with Gasteiger partial charge in [-0.2, -0.15) is 5.10 Å². The minimum absolute atomic E-state index is 0.172. The van der Waals surface area contributed by atoms with Gasteiger partial charge in [-0.1, -0.05) is 6.92 Å². The van der Waals surface area contributed by atoms with Gasteiger partial charge in [-0.05, 0) is 12.5 Å². The first-order valence-electron chi connectivity index (χ1n) is 5.94. The maximum absolute atomic E-state index is 12.1. The smallest absolute Gasteiger partial charge is 0.260 e. The fourth-order valence-electron chi connectivity index (χ4n) is 1.47. The lowest BCUT2D eigenvalue weighted by atomic mass is 10.2. The second-order valence-electron chi connectivity index (χ2n) is 3.77. The highest BCUT2D eigenvalue weighted by atomic mass is 16.1. The summed E-state index contributed by atoms with van der Waals surface area (Å²) in [4.78, 5) is 20.0. The molecule has 0 radical (unpaired) electrons. The van der Waals surface area contributed by atoms with Crippen molar-refractivity contribution >= 4 is 17.5 Å². The van der Waals surface area contributed by atoms with Crippen LogP contribution in [-0.2, 0) is 0 Å². The summed E-state index contributed by atoms with van der Waals surface area (Å²) in [6, 6.07) is 1.64. The van der Waals surface area contributed by atoms with Crippen molar-refractivity contribution in [1.82, 2.24) is 20.2 Å². The van der Waals surface area contributed by atoms with Crippen molar-refractivity contribution in [1.29, 1.82) is 0 Å². The summed E-state index contributed by atoms with van der Waals surface area (Å²) in [5.41, 5.74) is 1.18. The molecule has 2 aromatic heterocycles. The van der Waals surface area contributed by atoms with E-state index in [1.165, 1.54) is 12.4 Å². The zero-order valence-electron chi connectivity index (χ0n) is 10.5. The molecule has 0 bridgehead atoms. The molecule has 0 atom stereocenters. The molecule has 2 aromatic rings. The average molecular weight is 258 g/mol. The Balaban J connectivity index is 2.14. The predicted octanol–water partition coefficient (Wildman–Crippen LogP) is 1.34. The first-order valence-corrected chi connectivity index (χ1v) is 5.94. The van der Waals surface area contributed by atoms with Crippen molar-refractivity contribution in [3.05, 3.63) is 36.4 Å². The third kappa shape index (κ3) is 3.44. The number of hydrogen-bond acceptors (Lipinski definition) is 6. The van der Waals surface area contributed by atoms with E-state index in [9.17, 15) is 4.79 Å². The van der Waals surface area contributed by atoms with Crippen LogP contribution in [0.1, 0.15) is 23.7 Å². The molecule has 0 aliphatic carbocycles. The van der Waals surface area contributed by atoms with Crippen LogP contribution in [-0.4, -0.2) is 32.6 Å². The predicted molar refractivity (Wildman–Crippen MR) is 70.8 cm³/mol. The van der Waals surface area contributed by atoms with Crippen LogP contribution in [0.15, 0.2) is 30.9 Å². The number of nitrogens with one attached hydrogen (secondary N) is 2. The largest absolute Gasteiger partial charge is 0.383 e. The molecule has 1 amide bonds. The molecule has 7 heteroatoms. The summed E-state index contributed by atoms with van der Waals surface area (Å²) in [5, 5.41) is 13.1. The number of anilines is 2. The van der Waals surface area contributed by atoms with Gasteiger partial charge in [-0.15, -0.1) is 5.10 Å². The Hall–Kier alpha value is -2.57. The van der Waals surface area contributed by atoms with Crippen molar-refractivity contribution in [2.45, 2.75) is 13.3 Å². The molecule has 0 fully saturated rings. The van der Waals surface area contributed by atoms with Crippen molar-refractivity contribution in [3.63, 3.8) is 0 Å². The molecule has 98 valence electrons. The van der Waals surface area contributed by atoms with Gasteiger partial charge < -0.3 is 5.32 Å². The minimum Gasteiger partial charge on any atom is -0.383 e. The fraction of sp³-hybridized carbons (Fsp3) is 0.250. The maximum Gasteiger partial charge on any atom is 0.260 e. The minimum atomic E-state index is -0.297. The summed E-state index contributed by atoms with van der Waals surface area (Å²) >= 11 is 0. The van der Waals surface area contributed by atoms with E-state index in [1.807, 2.05) is 6.92 Å². The number of carbonyl (C=O) groups excluding carboxylic acids is 1. The average Bonchev–Trinajstić information content (AvgIpc) is 2.46. The third-order valence-corrected chi connectivity index (χ3v) is 2.34. The first-order chi connectivity index (χ1) is 9.31. The normalized spacial score (nSPS) is 9.95. The van der Waals surface area contributed by atoms with E-state index in [-0.39, 0.29) is 11.9 Å². The van der Waals surface area contributed by atoms with Crippen molar-refractivity contribution in [3.8, 4) is 0 Å². The summed E-state index contributed by atoms with van der Waals surface area (Å²) < 4.78 is 0. The standard InChI is InChI=1S/C12H14N6O/c1-2-4-14-10-8-13-5-3-9(10)11(19)17-12-15-6-7-16-18-12/h3,5-8,14H,2,4H2,1H3,(H,15,17,18,19). The van der Waals surface area contributed by atoms with Gasteiger partial charge in [0.05, 0.1) is 29.8 Å². The van der Waals surface area contributed by atoms with Crippen LogP contribution in [0.25, 0.3) is 0 Å². The van der Waals surface area contributed by atoms with Crippen molar-refractivity contribution in [2.75, 3.05) is 17.2 Å². The van der Waals surface area contributed by atoms with Crippen LogP contribution >= 0.6 is 0 Å². The molecule has 0 aliphatic heterocycles. The molecule has 2 N–H and O–H groups in total. The third-order valence-electron chi connectivity index (χ3n) is 2.34. The summed E-state index contributed by atoms with van der Waals surface area (Å²) in [6.45, 7) is 2.82. The number of pyridine rings is 1. The zero-order chi connectivity index (χ0) is 13.5. The molecule has 0 saturated carbocycles. The quantitative estimate of drug-likeness (QED) is 0.840. The molecule has 0 aromatic carbocycles. The highest BCUT2D eigenvalue weighted by Gasteiger charge is 2.12. The number of aromatic nitrogens is 4. The van der Waals surface area contributed by atoms with Gasteiger partial charge in [0.1, 0.15) is 0 Å². The Kier molecular flexibility index (Phi) is 4.33. The van der Waals surface area contributed by atoms with E-state index >= 15 is 0 Å². The summed E-state index contributed by atoms with van der Waals surface area (Å²) in [6.07, 6.45) is 7.05. The van der Waals surface area contributed by atoms with Crippen LogP contribution in [0.3, 0.4) is 0 Å². The maximum atomic E-state index is 12.1. The van der Waals surface area contributed by atoms with E-state index in [0.29, 0.717) is 11.3 Å². The second kappa shape index (κ2) is 6.39. The Morgan fingerprint density at radius 3 is 2.95 bits per heavy atom. The highest BCUT2D eigenvalue weighted by molar-refractivity contribution is 6.07. The Morgan fingerprint density at radius 1 is 1.32 bits per heavy atom. The molecule has 7 nitrogen and oxygen atoms in total. The van der Waals surface area contributed by atoms with Gasteiger partial charge in [0, 0.05) is 12.7 Å². The Morgan fingerprint density at radius 2 is 2.21 bits per heavy atom. The fourth-order valence-corrected chi connectivity index (χ4v) is 1.47. The van der Waals surface area contributed by atoms with Gasteiger partial charge in [-0.3, -0.25) is 15.1 Å². The number of amides is 1. The van der Waals surface area contributed by atoms with Crippen molar-refractivity contribution < 1.29 is 4.79 Å². The Bertz CT molecular complexity index is 545. The topological polar surface area (TPSA) is 92.7 Å². The van der Waals surface area contributed by atoms with Crippen LogP contribution < -0.4 is 10.6 Å². The van der Waals surface area contributed by atoms with E-state index < -0.39 is 0 Å².